The smallest absolute Gasteiger partial charge is 0.137 e. The molecule has 0 fully saturated rings. The highest BCUT2D eigenvalue weighted by molar-refractivity contribution is 6.30. The molecule has 16 heavy (non-hydrogen) atoms. The Balaban J connectivity index is 3.06. The first-order valence-corrected chi connectivity index (χ1v) is 6.05. The summed E-state index contributed by atoms with van der Waals surface area (Å²) in [5.41, 5.74) is 0.957. The maximum absolute atomic E-state index is 6.02. The monoisotopic (exact) mass is 241 g/mol. The van der Waals surface area contributed by atoms with Crippen molar-refractivity contribution in [3.05, 3.63) is 17.0 Å². The molecular formula is C12H20ClN3. The Morgan fingerprint density at radius 2 is 1.88 bits per heavy atom. The van der Waals surface area contributed by atoms with E-state index in [4.69, 9.17) is 11.6 Å². The molecule has 1 rings (SSSR count). The zero-order valence-electron chi connectivity index (χ0n) is 10.7. The van der Waals surface area contributed by atoms with Gasteiger partial charge in [-0.3, -0.25) is 0 Å². The zero-order chi connectivity index (χ0) is 12.3. The van der Waals surface area contributed by atoms with Crippen molar-refractivity contribution in [2.24, 2.45) is 5.92 Å². The Bertz CT molecular complexity index is 350. The van der Waals surface area contributed by atoms with Gasteiger partial charge >= 0.3 is 0 Å². The van der Waals surface area contributed by atoms with Crippen LogP contribution < -0.4 is 4.90 Å². The first-order valence-electron chi connectivity index (χ1n) is 5.67. The molecule has 0 aliphatic rings. The number of hydrogen-bond donors (Lipinski definition) is 0. The van der Waals surface area contributed by atoms with Gasteiger partial charge in [-0.15, -0.1) is 0 Å². The highest BCUT2D eigenvalue weighted by Gasteiger charge is 2.17. The normalized spacial score (nSPS) is 11.2. The average Bonchev–Trinajstić information content (AvgIpc) is 2.18. The minimum absolute atomic E-state index is 0.409. The van der Waals surface area contributed by atoms with Crippen molar-refractivity contribution in [2.75, 3.05) is 11.4 Å². The minimum Gasteiger partial charge on any atom is -0.354 e. The molecular weight excluding hydrogens is 222 g/mol. The number of anilines is 1. The fourth-order valence-electron chi connectivity index (χ4n) is 1.64. The molecule has 0 saturated carbocycles. The molecule has 3 nitrogen and oxygen atoms in total. The lowest BCUT2D eigenvalue weighted by Crippen LogP contribution is -2.35. The molecule has 0 atom stereocenters. The molecule has 4 heteroatoms. The van der Waals surface area contributed by atoms with Crippen molar-refractivity contribution in [1.82, 2.24) is 9.97 Å². The van der Waals surface area contributed by atoms with Crippen LogP contribution in [0.3, 0.4) is 0 Å². The van der Waals surface area contributed by atoms with Gasteiger partial charge in [0, 0.05) is 18.2 Å². The number of nitrogens with zero attached hydrogens (tertiary/aromatic N) is 3. The van der Waals surface area contributed by atoms with E-state index in [2.05, 4.69) is 42.6 Å². The number of aromatic nitrogens is 2. The fraction of sp³-hybridized carbons (Fsp3) is 0.667. The summed E-state index contributed by atoms with van der Waals surface area (Å²) >= 11 is 6.02. The predicted octanol–water partition coefficient (Wildman–Crippen LogP) is 3.31. The van der Waals surface area contributed by atoms with E-state index in [0.29, 0.717) is 17.1 Å². The van der Waals surface area contributed by atoms with Crippen LogP contribution in [0.5, 0.6) is 0 Å². The Kier molecular flexibility index (Phi) is 4.54. The van der Waals surface area contributed by atoms with Gasteiger partial charge in [-0.05, 0) is 26.7 Å². The van der Waals surface area contributed by atoms with Crippen molar-refractivity contribution < 1.29 is 0 Å². The lowest BCUT2D eigenvalue weighted by molar-refractivity contribution is 0.564. The van der Waals surface area contributed by atoms with Crippen LogP contribution in [0.15, 0.2) is 6.33 Å². The summed E-state index contributed by atoms with van der Waals surface area (Å²) in [6.45, 7) is 11.7. The first-order chi connectivity index (χ1) is 7.43. The van der Waals surface area contributed by atoms with Gasteiger partial charge in [0.2, 0.25) is 0 Å². The quantitative estimate of drug-likeness (QED) is 0.758. The maximum Gasteiger partial charge on any atom is 0.137 e. The SMILES string of the molecule is Cc1c(Cl)ncnc1N(CC(C)C)C(C)C. The van der Waals surface area contributed by atoms with Crippen LogP contribution in [-0.4, -0.2) is 22.6 Å². The van der Waals surface area contributed by atoms with Gasteiger partial charge in [0.05, 0.1) is 0 Å². The topological polar surface area (TPSA) is 29.0 Å². The third-order valence-corrected chi connectivity index (χ3v) is 2.83. The molecule has 0 radical (unpaired) electrons. The number of hydrogen-bond acceptors (Lipinski definition) is 3. The molecule has 0 aliphatic heterocycles. The summed E-state index contributed by atoms with van der Waals surface area (Å²) < 4.78 is 0. The molecule has 1 aromatic rings. The highest BCUT2D eigenvalue weighted by Crippen LogP contribution is 2.24. The van der Waals surface area contributed by atoms with Gasteiger partial charge < -0.3 is 4.90 Å². The predicted molar refractivity (Wildman–Crippen MR) is 69.1 cm³/mol. The Labute approximate surface area is 103 Å². The zero-order valence-corrected chi connectivity index (χ0v) is 11.4. The maximum atomic E-state index is 6.02. The minimum atomic E-state index is 0.409. The molecule has 0 amide bonds. The second kappa shape index (κ2) is 5.48. The second-order valence-corrected chi connectivity index (χ2v) is 5.11. The third kappa shape index (κ3) is 3.08. The van der Waals surface area contributed by atoms with Crippen LogP contribution in [0.1, 0.15) is 33.3 Å². The third-order valence-electron chi connectivity index (χ3n) is 2.45. The van der Waals surface area contributed by atoms with Gasteiger partial charge in [-0.1, -0.05) is 25.4 Å². The Morgan fingerprint density at radius 3 is 2.38 bits per heavy atom. The van der Waals surface area contributed by atoms with Crippen molar-refractivity contribution in [3.8, 4) is 0 Å². The summed E-state index contributed by atoms with van der Waals surface area (Å²) in [6, 6.07) is 0.409. The molecule has 0 unspecified atom stereocenters. The summed E-state index contributed by atoms with van der Waals surface area (Å²) in [5.74, 6) is 1.54. The van der Waals surface area contributed by atoms with Crippen LogP contribution in [0, 0.1) is 12.8 Å². The molecule has 0 aromatic carbocycles. The Hall–Kier alpha value is -0.830. The van der Waals surface area contributed by atoms with E-state index in [9.17, 15) is 0 Å². The van der Waals surface area contributed by atoms with Gasteiger partial charge in [-0.25, -0.2) is 9.97 Å². The summed E-state index contributed by atoms with van der Waals surface area (Å²) in [5, 5.41) is 0.541. The van der Waals surface area contributed by atoms with Crippen molar-refractivity contribution in [2.45, 2.75) is 40.7 Å². The van der Waals surface area contributed by atoms with E-state index in [1.165, 1.54) is 6.33 Å². The van der Waals surface area contributed by atoms with Crippen molar-refractivity contribution in [3.63, 3.8) is 0 Å². The molecule has 1 aromatic heterocycles. The lowest BCUT2D eigenvalue weighted by atomic mass is 10.1. The van der Waals surface area contributed by atoms with Crippen LogP contribution >= 0.6 is 11.6 Å². The van der Waals surface area contributed by atoms with Gasteiger partial charge in [-0.2, -0.15) is 0 Å². The molecule has 0 spiro atoms. The molecule has 90 valence electrons. The van der Waals surface area contributed by atoms with Crippen LogP contribution in [0.25, 0.3) is 0 Å². The van der Waals surface area contributed by atoms with Crippen LogP contribution in [0.4, 0.5) is 5.82 Å². The van der Waals surface area contributed by atoms with Gasteiger partial charge in [0.1, 0.15) is 17.3 Å². The Morgan fingerprint density at radius 1 is 1.25 bits per heavy atom. The average molecular weight is 242 g/mol. The van der Waals surface area contributed by atoms with E-state index in [1.54, 1.807) is 0 Å². The van der Waals surface area contributed by atoms with E-state index < -0.39 is 0 Å². The van der Waals surface area contributed by atoms with Crippen molar-refractivity contribution in [1.29, 1.82) is 0 Å². The highest BCUT2D eigenvalue weighted by atomic mass is 35.5. The van der Waals surface area contributed by atoms with Gasteiger partial charge in [0.25, 0.3) is 0 Å². The molecule has 1 heterocycles. The number of halogens is 1. The van der Waals surface area contributed by atoms with Crippen LogP contribution in [-0.2, 0) is 0 Å². The molecule has 0 saturated heterocycles. The van der Waals surface area contributed by atoms with Crippen molar-refractivity contribution >= 4 is 17.4 Å². The largest absolute Gasteiger partial charge is 0.354 e. The summed E-state index contributed by atoms with van der Waals surface area (Å²) in [4.78, 5) is 10.6. The fourth-order valence-corrected chi connectivity index (χ4v) is 1.77. The summed E-state index contributed by atoms with van der Waals surface area (Å²) in [6.07, 6.45) is 1.53. The van der Waals surface area contributed by atoms with E-state index in [0.717, 1.165) is 17.9 Å². The standard InChI is InChI=1S/C12H20ClN3/c1-8(2)6-16(9(3)4)12-10(5)11(13)14-7-15-12/h7-9H,6H2,1-5H3. The van der Waals surface area contributed by atoms with E-state index in [1.807, 2.05) is 6.92 Å². The molecule has 0 aliphatic carbocycles. The first kappa shape index (κ1) is 13.2. The molecule has 0 bridgehead atoms. The van der Waals surface area contributed by atoms with E-state index >= 15 is 0 Å². The van der Waals surface area contributed by atoms with Gasteiger partial charge in [0.15, 0.2) is 0 Å². The second-order valence-electron chi connectivity index (χ2n) is 4.75. The lowest BCUT2D eigenvalue weighted by Gasteiger charge is -2.30. The summed E-state index contributed by atoms with van der Waals surface area (Å²) in [7, 11) is 0. The van der Waals surface area contributed by atoms with E-state index in [-0.39, 0.29) is 0 Å². The molecule has 0 N–H and O–H groups in total. The number of rotatable bonds is 4. The van der Waals surface area contributed by atoms with Crippen LogP contribution in [0.2, 0.25) is 5.15 Å².